The number of aryl methyl sites for hydroxylation is 1. The standard InChI is InChI=1S/C12H14F3NS/c1-8-2-3-9(6-11(8)12(13,14)15)16-10-4-5-17-7-10/h2-3,6,10,16H,4-5,7H2,1H3. The molecule has 1 fully saturated rings. The summed E-state index contributed by atoms with van der Waals surface area (Å²) in [6, 6.07) is 4.74. The first-order valence-corrected chi connectivity index (χ1v) is 6.64. The normalized spacial score (nSPS) is 20.6. The summed E-state index contributed by atoms with van der Waals surface area (Å²) in [6.45, 7) is 1.48. The second kappa shape index (κ2) is 4.80. The molecule has 1 aliphatic rings. The summed E-state index contributed by atoms with van der Waals surface area (Å²) in [6.07, 6.45) is -3.26. The minimum atomic E-state index is -4.27. The molecular weight excluding hydrogens is 247 g/mol. The Bertz CT molecular complexity index is 397. The van der Waals surface area contributed by atoms with Gasteiger partial charge in [0.1, 0.15) is 0 Å². The van der Waals surface area contributed by atoms with Crippen LogP contribution in [0.25, 0.3) is 0 Å². The van der Waals surface area contributed by atoms with E-state index in [1.54, 1.807) is 6.07 Å². The average molecular weight is 261 g/mol. The first-order chi connectivity index (χ1) is 7.97. The third-order valence-electron chi connectivity index (χ3n) is 2.84. The molecule has 94 valence electrons. The molecule has 1 N–H and O–H groups in total. The lowest BCUT2D eigenvalue weighted by atomic mass is 10.1. The predicted octanol–water partition coefficient (Wildman–Crippen LogP) is 3.93. The van der Waals surface area contributed by atoms with E-state index >= 15 is 0 Å². The van der Waals surface area contributed by atoms with Gasteiger partial charge in [0.05, 0.1) is 5.56 Å². The Hall–Kier alpha value is -0.840. The molecule has 0 aromatic heterocycles. The molecule has 1 atom stereocenters. The van der Waals surface area contributed by atoms with Crippen LogP contribution in [-0.2, 0) is 6.18 Å². The summed E-state index contributed by atoms with van der Waals surface area (Å²) in [4.78, 5) is 0. The number of thioether (sulfide) groups is 1. The first kappa shape index (κ1) is 12.6. The van der Waals surface area contributed by atoms with Gasteiger partial charge in [0, 0.05) is 17.5 Å². The van der Waals surface area contributed by atoms with E-state index in [0.717, 1.165) is 17.9 Å². The molecule has 0 bridgehead atoms. The zero-order valence-electron chi connectivity index (χ0n) is 9.47. The zero-order chi connectivity index (χ0) is 12.5. The van der Waals surface area contributed by atoms with Gasteiger partial charge < -0.3 is 5.32 Å². The molecule has 17 heavy (non-hydrogen) atoms. The Morgan fingerprint density at radius 3 is 2.71 bits per heavy atom. The first-order valence-electron chi connectivity index (χ1n) is 5.49. The van der Waals surface area contributed by atoms with E-state index in [2.05, 4.69) is 5.32 Å². The van der Waals surface area contributed by atoms with E-state index in [1.807, 2.05) is 11.8 Å². The van der Waals surface area contributed by atoms with Crippen LogP contribution in [0.15, 0.2) is 18.2 Å². The van der Waals surface area contributed by atoms with Crippen molar-refractivity contribution in [3.8, 4) is 0 Å². The molecule has 0 saturated carbocycles. The lowest BCUT2D eigenvalue weighted by molar-refractivity contribution is -0.138. The molecule has 2 rings (SSSR count). The molecule has 0 radical (unpaired) electrons. The summed E-state index contributed by atoms with van der Waals surface area (Å²) in [7, 11) is 0. The van der Waals surface area contributed by atoms with E-state index in [9.17, 15) is 13.2 Å². The predicted molar refractivity (Wildman–Crippen MR) is 65.5 cm³/mol. The minimum Gasteiger partial charge on any atom is -0.381 e. The van der Waals surface area contributed by atoms with Crippen molar-refractivity contribution >= 4 is 17.4 Å². The number of rotatable bonds is 2. The Labute approximate surface area is 103 Å². The van der Waals surface area contributed by atoms with Crippen LogP contribution in [0, 0.1) is 6.92 Å². The van der Waals surface area contributed by atoms with E-state index < -0.39 is 11.7 Å². The highest BCUT2D eigenvalue weighted by Gasteiger charge is 2.32. The van der Waals surface area contributed by atoms with Crippen LogP contribution < -0.4 is 5.32 Å². The molecule has 1 saturated heterocycles. The molecule has 0 aliphatic carbocycles. The van der Waals surface area contributed by atoms with Crippen LogP contribution >= 0.6 is 11.8 Å². The van der Waals surface area contributed by atoms with Gasteiger partial charge in [0.2, 0.25) is 0 Å². The molecule has 1 aromatic carbocycles. The van der Waals surface area contributed by atoms with Gasteiger partial charge in [-0.25, -0.2) is 0 Å². The third-order valence-corrected chi connectivity index (χ3v) is 4.01. The van der Waals surface area contributed by atoms with E-state index in [-0.39, 0.29) is 5.56 Å². The summed E-state index contributed by atoms with van der Waals surface area (Å²) in [5.74, 6) is 2.05. The van der Waals surface area contributed by atoms with Gasteiger partial charge in [-0.2, -0.15) is 24.9 Å². The summed E-state index contributed by atoms with van der Waals surface area (Å²) in [5, 5.41) is 3.16. The number of nitrogens with one attached hydrogen (secondary N) is 1. The Kier molecular flexibility index (Phi) is 3.56. The lowest BCUT2D eigenvalue weighted by Gasteiger charge is -2.16. The number of hydrogen-bond donors (Lipinski definition) is 1. The topological polar surface area (TPSA) is 12.0 Å². The van der Waals surface area contributed by atoms with Crippen molar-refractivity contribution in [2.45, 2.75) is 25.6 Å². The van der Waals surface area contributed by atoms with Gasteiger partial charge in [-0.05, 0) is 36.8 Å². The molecule has 1 heterocycles. The number of anilines is 1. The highest BCUT2D eigenvalue weighted by Crippen LogP contribution is 2.34. The summed E-state index contributed by atoms with van der Waals surface area (Å²) in [5.41, 5.74) is 0.285. The van der Waals surface area contributed by atoms with Crippen molar-refractivity contribution in [1.82, 2.24) is 0 Å². The third kappa shape index (κ3) is 3.09. The second-order valence-corrected chi connectivity index (χ2v) is 5.38. The Balaban J connectivity index is 2.18. The fourth-order valence-electron chi connectivity index (χ4n) is 1.90. The van der Waals surface area contributed by atoms with E-state index in [0.29, 0.717) is 11.7 Å². The maximum Gasteiger partial charge on any atom is 0.416 e. The van der Waals surface area contributed by atoms with Crippen LogP contribution in [0.5, 0.6) is 0 Å². The molecular formula is C12H14F3NS. The van der Waals surface area contributed by atoms with Gasteiger partial charge in [-0.3, -0.25) is 0 Å². The quantitative estimate of drug-likeness (QED) is 0.865. The lowest BCUT2D eigenvalue weighted by Crippen LogP contribution is -2.18. The largest absolute Gasteiger partial charge is 0.416 e. The molecule has 0 spiro atoms. The highest BCUT2D eigenvalue weighted by atomic mass is 32.2. The summed E-state index contributed by atoms with van der Waals surface area (Å²) >= 11 is 1.83. The maximum atomic E-state index is 12.7. The maximum absolute atomic E-state index is 12.7. The van der Waals surface area contributed by atoms with E-state index in [4.69, 9.17) is 0 Å². The number of halogens is 3. The van der Waals surface area contributed by atoms with Gasteiger partial charge in [0.25, 0.3) is 0 Å². The molecule has 0 amide bonds. The Morgan fingerprint density at radius 2 is 2.12 bits per heavy atom. The molecule has 1 nitrogen and oxygen atoms in total. The molecule has 1 unspecified atom stereocenters. The van der Waals surface area contributed by atoms with Crippen molar-refractivity contribution in [2.75, 3.05) is 16.8 Å². The van der Waals surface area contributed by atoms with Crippen molar-refractivity contribution in [2.24, 2.45) is 0 Å². The zero-order valence-corrected chi connectivity index (χ0v) is 10.3. The Morgan fingerprint density at radius 1 is 1.35 bits per heavy atom. The van der Waals surface area contributed by atoms with Gasteiger partial charge in [-0.1, -0.05) is 6.07 Å². The van der Waals surface area contributed by atoms with Gasteiger partial charge in [0.15, 0.2) is 0 Å². The van der Waals surface area contributed by atoms with Gasteiger partial charge in [-0.15, -0.1) is 0 Å². The van der Waals surface area contributed by atoms with Crippen molar-refractivity contribution in [3.05, 3.63) is 29.3 Å². The summed E-state index contributed by atoms with van der Waals surface area (Å²) < 4.78 is 38.1. The average Bonchev–Trinajstić information content (AvgIpc) is 2.72. The monoisotopic (exact) mass is 261 g/mol. The van der Waals surface area contributed by atoms with Crippen LogP contribution in [0.3, 0.4) is 0 Å². The smallest absolute Gasteiger partial charge is 0.381 e. The SMILES string of the molecule is Cc1ccc(NC2CCSC2)cc1C(F)(F)F. The van der Waals surface area contributed by atoms with Crippen LogP contribution in [-0.4, -0.2) is 17.5 Å². The second-order valence-electron chi connectivity index (χ2n) is 4.23. The highest BCUT2D eigenvalue weighted by molar-refractivity contribution is 7.99. The number of benzene rings is 1. The molecule has 5 heteroatoms. The van der Waals surface area contributed by atoms with Crippen molar-refractivity contribution < 1.29 is 13.2 Å². The van der Waals surface area contributed by atoms with Crippen LogP contribution in [0.4, 0.5) is 18.9 Å². The van der Waals surface area contributed by atoms with Crippen LogP contribution in [0.1, 0.15) is 17.5 Å². The molecule has 1 aromatic rings. The van der Waals surface area contributed by atoms with Gasteiger partial charge >= 0.3 is 6.18 Å². The minimum absolute atomic E-state index is 0.267. The van der Waals surface area contributed by atoms with Crippen LogP contribution in [0.2, 0.25) is 0 Å². The number of hydrogen-bond acceptors (Lipinski definition) is 2. The number of alkyl halides is 3. The molecule has 1 aliphatic heterocycles. The van der Waals surface area contributed by atoms with Crippen molar-refractivity contribution in [3.63, 3.8) is 0 Å². The fraction of sp³-hybridized carbons (Fsp3) is 0.500. The van der Waals surface area contributed by atoms with E-state index in [1.165, 1.54) is 19.1 Å². The fourth-order valence-corrected chi connectivity index (χ4v) is 3.05. The van der Waals surface area contributed by atoms with Crippen molar-refractivity contribution in [1.29, 1.82) is 0 Å².